The first kappa shape index (κ1) is 19.9. The van der Waals surface area contributed by atoms with Gasteiger partial charge in [0.05, 0.1) is 6.61 Å². The molecule has 7 heteroatoms. The number of hydrogen-bond donors (Lipinski definition) is 1. The maximum absolute atomic E-state index is 13.3. The second-order valence-corrected chi connectivity index (χ2v) is 7.74. The molecule has 1 unspecified atom stereocenters. The average Bonchev–Trinajstić information content (AvgIpc) is 2.99. The Balaban J connectivity index is 1.48. The molecular formula is C23H25N3O4. The Labute approximate surface area is 175 Å². The minimum Gasteiger partial charge on any atom is -0.493 e. The zero-order chi connectivity index (χ0) is 21.3. The summed E-state index contributed by atoms with van der Waals surface area (Å²) in [5, 5.41) is 2.82. The number of nitrogens with zero attached hydrogens (tertiary/aromatic N) is 2. The van der Waals surface area contributed by atoms with Gasteiger partial charge in [-0.3, -0.25) is 14.5 Å². The molecule has 2 aromatic carbocycles. The predicted molar refractivity (Wildman–Crippen MR) is 111 cm³/mol. The molecule has 0 saturated carbocycles. The van der Waals surface area contributed by atoms with Crippen molar-refractivity contribution in [3.05, 3.63) is 65.2 Å². The van der Waals surface area contributed by atoms with Crippen LogP contribution in [0.15, 0.2) is 48.5 Å². The highest BCUT2D eigenvalue weighted by Gasteiger charge is 2.55. The molecular weight excluding hydrogens is 382 g/mol. The molecule has 0 radical (unpaired) electrons. The third kappa shape index (κ3) is 3.40. The van der Waals surface area contributed by atoms with E-state index in [0.29, 0.717) is 30.9 Å². The van der Waals surface area contributed by atoms with E-state index in [9.17, 15) is 14.4 Å². The highest BCUT2D eigenvalue weighted by atomic mass is 16.5. The molecule has 1 spiro atoms. The van der Waals surface area contributed by atoms with Crippen molar-refractivity contribution in [1.29, 1.82) is 0 Å². The summed E-state index contributed by atoms with van der Waals surface area (Å²) in [6.45, 7) is 2.53. The molecule has 1 N–H and O–H groups in total. The fourth-order valence-electron chi connectivity index (χ4n) is 4.01. The Kier molecular flexibility index (Phi) is 5.20. The van der Waals surface area contributed by atoms with Crippen LogP contribution in [-0.2, 0) is 28.1 Å². The van der Waals surface area contributed by atoms with Gasteiger partial charge in [-0.05, 0) is 23.6 Å². The topological polar surface area (TPSA) is 79.0 Å². The number of urea groups is 1. The van der Waals surface area contributed by atoms with Crippen LogP contribution in [0.1, 0.15) is 30.0 Å². The zero-order valence-electron chi connectivity index (χ0n) is 17.2. The number of rotatable bonds is 5. The van der Waals surface area contributed by atoms with Gasteiger partial charge in [0.15, 0.2) is 5.54 Å². The lowest BCUT2D eigenvalue weighted by molar-refractivity contribution is -0.139. The summed E-state index contributed by atoms with van der Waals surface area (Å²) < 4.78 is 5.63. The lowest BCUT2D eigenvalue weighted by Gasteiger charge is -2.33. The van der Waals surface area contributed by atoms with Crippen LogP contribution in [0.25, 0.3) is 0 Å². The summed E-state index contributed by atoms with van der Waals surface area (Å²) in [5.74, 6) is -0.119. The molecule has 156 valence electrons. The number of imide groups is 1. The molecule has 0 aliphatic carbocycles. The van der Waals surface area contributed by atoms with Gasteiger partial charge >= 0.3 is 6.03 Å². The largest absolute Gasteiger partial charge is 0.493 e. The van der Waals surface area contributed by atoms with Crippen LogP contribution in [0.3, 0.4) is 0 Å². The van der Waals surface area contributed by atoms with Crippen molar-refractivity contribution in [2.45, 2.75) is 31.8 Å². The number of para-hydroxylation sites is 1. The van der Waals surface area contributed by atoms with E-state index >= 15 is 0 Å². The van der Waals surface area contributed by atoms with Gasteiger partial charge in [-0.1, -0.05) is 49.4 Å². The summed E-state index contributed by atoms with van der Waals surface area (Å²) in [7, 11) is 1.67. The van der Waals surface area contributed by atoms with E-state index in [2.05, 4.69) is 12.2 Å². The van der Waals surface area contributed by atoms with Gasteiger partial charge in [0, 0.05) is 25.6 Å². The quantitative estimate of drug-likeness (QED) is 0.773. The fraction of sp³-hybridized carbons (Fsp3) is 0.348. The molecule has 0 bridgehead atoms. The molecule has 1 fully saturated rings. The Morgan fingerprint density at radius 1 is 1.13 bits per heavy atom. The van der Waals surface area contributed by atoms with Gasteiger partial charge in [0.25, 0.3) is 5.91 Å². The van der Waals surface area contributed by atoms with E-state index in [1.54, 1.807) is 25.2 Å². The van der Waals surface area contributed by atoms with E-state index in [0.717, 1.165) is 16.9 Å². The second kappa shape index (κ2) is 7.82. The molecule has 1 saturated heterocycles. The Morgan fingerprint density at radius 3 is 2.57 bits per heavy atom. The molecule has 1 atom stereocenters. The van der Waals surface area contributed by atoms with Crippen molar-refractivity contribution in [3.8, 4) is 5.75 Å². The number of aryl methyl sites for hydroxylation is 1. The lowest BCUT2D eigenvalue weighted by Crippen LogP contribution is -2.48. The van der Waals surface area contributed by atoms with Gasteiger partial charge < -0.3 is 15.0 Å². The highest BCUT2D eigenvalue weighted by Crippen LogP contribution is 2.40. The third-order valence-electron chi connectivity index (χ3n) is 5.83. The van der Waals surface area contributed by atoms with Gasteiger partial charge in [0.1, 0.15) is 12.3 Å². The van der Waals surface area contributed by atoms with Crippen molar-refractivity contribution in [1.82, 2.24) is 15.1 Å². The number of carbonyl (C=O) groups is 3. The summed E-state index contributed by atoms with van der Waals surface area (Å²) >= 11 is 0. The van der Waals surface area contributed by atoms with E-state index in [4.69, 9.17) is 4.74 Å². The number of benzene rings is 2. The normalized spacial score (nSPS) is 20.0. The lowest BCUT2D eigenvalue weighted by atomic mass is 9.84. The molecule has 2 aliphatic rings. The molecule has 0 aromatic heterocycles. The number of fused-ring (bicyclic) bond motifs is 2. The number of amides is 4. The first-order valence-electron chi connectivity index (χ1n) is 10.1. The van der Waals surface area contributed by atoms with Crippen molar-refractivity contribution < 1.29 is 19.1 Å². The van der Waals surface area contributed by atoms with Gasteiger partial charge in [-0.15, -0.1) is 0 Å². The SMILES string of the molecule is CCc1ccc(CN(C)C(=O)CN2C(=O)NC3(CCOc4ccccc43)C2=O)cc1. The van der Waals surface area contributed by atoms with Gasteiger partial charge in [0.2, 0.25) is 5.91 Å². The average molecular weight is 407 g/mol. The van der Waals surface area contributed by atoms with E-state index < -0.39 is 17.5 Å². The molecule has 2 aromatic rings. The van der Waals surface area contributed by atoms with Crippen molar-refractivity contribution >= 4 is 17.8 Å². The summed E-state index contributed by atoms with van der Waals surface area (Å²) in [4.78, 5) is 41.2. The Morgan fingerprint density at radius 2 is 1.83 bits per heavy atom. The second-order valence-electron chi connectivity index (χ2n) is 7.74. The van der Waals surface area contributed by atoms with E-state index in [1.807, 2.05) is 30.3 Å². The van der Waals surface area contributed by atoms with Crippen LogP contribution in [-0.4, -0.2) is 47.8 Å². The highest BCUT2D eigenvalue weighted by molar-refractivity contribution is 6.09. The van der Waals surface area contributed by atoms with Crippen LogP contribution in [0.2, 0.25) is 0 Å². The monoisotopic (exact) mass is 407 g/mol. The number of carbonyl (C=O) groups excluding carboxylic acids is 3. The zero-order valence-corrected chi connectivity index (χ0v) is 17.2. The van der Waals surface area contributed by atoms with Crippen molar-refractivity contribution in [2.75, 3.05) is 20.2 Å². The van der Waals surface area contributed by atoms with Crippen LogP contribution in [0.4, 0.5) is 4.79 Å². The van der Waals surface area contributed by atoms with E-state index in [1.165, 1.54) is 10.5 Å². The van der Waals surface area contributed by atoms with Crippen LogP contribution in [0, 0.1) is 0 Å². The number of nitrogens with one attached hydrogen (secondary N) is 1. The summed E-state index contributed by atoms with van der Waals surface area (Å²) in [5.41, 5.74) is 1.69. The van der Waals surface area contributed by atoms with Crippen LogP contribution in [0.5, 0.6) is 5.75 Å². The molecule has 2 aliphatic heterocycles. The first-order chi connectivity index (χ1) is 14.4. The molecule has 2 heterocycles. The molecule has 4 amide bonds. The predicted octanol–water partition coefficient (Wildman–Crippen LogP) is 2.44. The van der Waals surface area contributed by atoms with Gasteiger partial charge in [-0.25, -0.2) is 4.79 Å². The summed E-state index contributed by atoms with van der Waals surface area (Å²) in [6, 6.07) is 14.7. The van der Waals surface area contributed by atoms with E-state index in [-0.39, 0.29) is 12.5 Å². The standard InChI is InChI=1S/C23H25N3O4/c1-3-16-8-10-17(11-9-16)14-25(2)20(27)15-26-21(28)23(24-22(26)29)12-13-30-19-7-5-4-6-18(19)23/h4-11H,3,12-15H2,1-2H3,(H,24,29). The number of hydrogen-bond acceptors (Lipinski definition) is 4. The third-order valence-corrected chi connectivity index (χ3v) is 5.83. The molecule has 7 nitrogen and oxygen atoms in total. The van der Waals surface area contributed by atoms with Crippen molar-refractivity contribution in [2.24, 2.45) is 0 Å². The Bertz CT molecular complexity index is 988. The fourth-order valence-corrected chi connectivity index (χ4v) is 4.01. The maximum atomic E-state index is 13.3. The summed E-state index contributed by atoms with van der Waals surface area (Å²) in [6.07, 6.45) is 1.29. The minimum atomic E-state index is -1.17. The number of likely N-dealkylation sites (N-methyl/N-ethyl adjacent to an activating group) is 1. The van der Waals surface area contributed by atoms with Gasteiger partial charge in [-0.2, -0.15) is 0 Å². The number of ether oxygens (including phenoxy) is 1. The molecule has 4 rings (SSSR count). The smallest absolute Gasteiger partial charge is 0.325 e. The molecule has 30 heavy (non-hydrogen) atoms. The van der Waals surface area contributed by atoms with Crippen LogP contribution < -0.4 is 10.1 Å². The Hall–Kier alpha value is -3.35. The minimum absolute atomic E-state index is 0.293. The first-order valence-corrected chi connectivity index (χ1v) is 10.1. The van der Waals surface area contributed by atoms with Crippen molar-refractivity contribution in [3.63, 3.8) is 0 Å². The maximum Gasteiger partial charge on any atom is 0.325 e. The van der Waals surface area contributed by atoms with Crippen LogP contribution >= 0.6 is 0 Å².